The van der Waals surface area contributed by atoms with Crippen molar-refractivity contribution < 1.29 is 0 Å². The number of benzene rings is 2. The number of likely N-dealkylation sites (N-methyl/N-ethyl adjacent to an activating group) is 1. The molecule has 0 radical (unpaired) electrons. The van der Waals surface area contributed by atoms with Crippen molar-refractivity contribution in [2.75, 3.05) is 23.8 Å². The molecule has 2 heteroatoms. The molecule has 0 fully saturated rings. The average molecular weight is 280 g/mol. The molecule has 2 aromatic rings. The van der Waals surface area contributed by atoms with Crippen LogP contribution in [0.4, 0.5) is 11.4 Å². The Labute approximate surface area is 127 Å². The minimum Gasteiger partial charge on any atom is -0.381 e. The molecule has 1 aliphatic rings. The maximum atomic E-state index is 3.52. The predicted molar refractivity (Wildman–Crippen MR) is 91.3 cm³/mol. The SMILES string of the molecule is CC(C)c1ccc(NCc2ccc3c(c2)CCN3C)cc1. The van der Waals surface area contributed by atoms with Crippen LogP contribution in [-0.2, 0) is 13.0 Å². The molecule has 1 aliphatic heterocycles. The van der Waals surface area contributed by atoms with Gasteiger partial charge in [0.05, 0.1) is 0 Å². The van der Waals surface area contributed by atoms with E-state index in [4.69, 9.17) is 0 Å². The molecule has 3 rings (SSSR count). The predicted octanol–water partition coefficient (Wildman–Crippen LogP) is 4.41. The van der Waals surface area contributed by atoms with E-state index in [1.165, 1.54) is 34.5 Å². The van der Waals surface area contributed by atoms with E-state index in [2.05, 4.69) is 73.6 Å². The van der Waals surface area contributed by atoms with Gasteiger partial charge in [0.15, 0.2) is 0 Å². The molecule has 2 nitrogen and oxygen atoms in total. The van der Waals surface area contributed by atoms with Gasteiger partial charge in [0.1, 0.15) is 0 Å². The minimum atomic E-state index is 0.591. The molecule has 110 valence electrons. The van der Waals surface area contributed by atoms with Crippen LogP contribution in [0.1, 0.15) is 36.5 Å². The molecular weight excluding hydrogens is 256 g/mol. The number of rotatable bonds is 4. The highest BCUT2D eigenvalue weighted by molar-refractivity contribution is 5.58. The summed E-state index contributed by atoms with van der Waals surface area (Å²) >= 11 is 0. The van der Waals surface area contributed by atoms with E-state index in [1.807, 2.05) is 0 Å². The Balaban J connectivity index is 1.65. The lowest BCUT2D eigenvalue weighted by Gasteiger charge is -2.13. The molecule has 2 aromatic carbocycles. The normalized spacial score (nSPS) is 13.6. The third-order valence-corrected chi connectivity index (χ3v) is 4.35. The van der Waals surface area contributed by atoms with Crippen LogP contribution in [0.25, 0.3) is 0 Å². The summed E-state index contributed by atoms with van der Waals surface area (Å²) in [5.74, 6) is 0.591. The first-order valence-corrected chi connectivity index (χ1v) is 7.80. The van der Waals surface area contributed by atoms with Gasteiger partial charge in [-0.2, -0.15) is 0 Å². The molecule has 0 bridgehead atoms. The molecule has 21 heavy (non-hydrogen) atoms. The van der Waals surface area contributed by atoms with Gasteiger partial charge in [0.25, 0.3) is 0 Å². The van der Waals surface area contributed by atoms with Crippen LogP contribution in [0.5, 0.6) is 0 Å². The van der Waals surface area contributed by atoms with E-state index in [0.29, 0.717) is 5.92 Å². The molecule has 0 saturated heterocycles. The molecule has 1 N–H and O–H groups in total. The van der Waals surface area contributed by atoms with Crippen molar-refractivity contribution in [1.82, 2.24) is 0 Å². The molecule has 0 atom stereocenters. The number of nitrogens with one attached hydrogen (secondary N) is 1. The van der Waals surface area contributed by atoms with E-state index >= 15 is 0 Å². The number of anilines is 2. The van der Waals surface area contributed by atoms with Gasteiger partial charge in [-0.25, -0.2) is 0 Å². The van der Waals surface area contributed by atoms with Crippen LogP contribution >= 0.6 is 0 Å². The molecular formula is C19H24N2. The van der Waals surface area contributed by atoms with Gasteiger partial charge in [-0.05, 0) is 47.2 Å². The second kappa shape index (κ2) is 5.80. The first-order valence-electron chi connectivity index (χ1n) is 7.80. The van der Waals surface area contributed by atoms with Gasteiger partial charge >= 0.3 is 0 Å². The maximum absolute atomic E-state index is 3.52. The Hall–Kier alpha value is -1.96. The lowest BCUT2D eigenvalue weighted by atomic mass is 10.0. The number of hydrogen-bond acceptors (Lipinski definition) is 2. The summed E-state index contributed by atoms with van der Waals surface area (Å²) in [6.07, 6.45) is 1.17. The summed E-state index contributed by atoms with van der Waals surface area (Å²) in [5.41, 5.74) is 6.81. The largest absolute Gasteiger partial charge is 0.381 e. The zero-order valence-corrected chi connectivity index (χ0v) is 13.2. The van der Waals surface area contributed by atoms with E-state index in [0.717, 1.165) is 13.1 Å². The van der Waals surface area contributed by atoms with Crippen LogP contribution in [0, 0.1) is 0 Å². The molecule has 0 unspecified atom stereocenters. The van der Waals surface area contributed by atoms with Crippen molar-refractivity contribution >= 4 is 11.4 Å². The summed E-state index contributed by atoms with van der Waals surface area (Å²) in [5, 5.41) is 3.52. The van der Waals surface area contributed by atoms with Crippen LogP contribution in [-0.4, -0.2) is 13.6 Å². The monoisotopic (exact) mass is 280 g/mol. The summed E-state index contributed by atoms with van der Waals surface area (Å²) in [6.45, 7) is 6.48. The van der Waals surface area contributed by atoms with Crippen molar-refractivity contribution in [1.29, 1.82) is 0 Å². The highest BCUT2D eigenvalue weighted by Gasteiger charge is 2.15. The highest BCUT2D eigenvalue weighted by atomic mass is 15.1. The Morgan fingerprint density at radius 3 is 2.57 bits per heavy atom. The second-order valence-corrected chi connectivity index (χ2v) is 6.26. The van der Waals surface area contributed by atoms with Gasteiger partial charge in [-0.3, -0.25) is 0 Å². The maximum Gasteiger partial charge on any atom is 0.0400 e. The second-order valence-electron chi connectivity index (χ2n) is 6.26. The lowest BCUT2D eigenvalue weighted by Crippen LogP contribution is -2.12. The van der Waals surface area contributed by atoms with Crippen LogP contribution in [0.3, 0.4) is 0 Å². The topological polar surface area (TPSA) is 15.3 Å². The quantitative estimate of drug-likeness (QED) is 0.892. The summed E-state index contributed by atoms with van der Waals surface area (Å²) < 4.78 is 0. The Kier molecular flexibility index (Phi) is 3.87. The first-order chi connectivity index (χ1) is 10.1. The van der Waals surface area contributed by atoms with E-state index < -0.39 is 0 Å². The van der Waals surface area contributed by atoms with Gasteiger partial charge in [0, 0.05) is 31.5 Å². The molecule has 0 amide bonds. The standard InChI is InChI=1S/C19H24N2/c1-14(2)16-5-7-18(8-6-16)20-13-15-4-9-19-17(12-15)10-11-21(19)3/h4-9,12,14,20H,10-11,13H2,1-3H3. The van der Waals surface area contributed by atoms with Crippen LogP contribution in [0.2, 0.25) is 0 Å². The first kappa shape index (κ1) is 14.0. The summed E-state index contributed by atoms with van der Waals surface area (Å²) in [4.78, 5) is 2.33. The van der Waals surface area contributed by atoms with E-state index in [1.54, 1.807) is 0 Å². The summed E-state index contributed by atoms with van der Waals surface area (Å²) in [7, 11) is 2.17. The minimum absolute atomic E-state index is 0.591. The zero-order chi connectivity index (χ0) is 14.8. The summed E-state index contributed by atoms with van der Waals surface area (Å²) in [6, 6.07) is 15.6. The van der Waals surface area contributed by atoms with Crippen molar-refractivity contribution in [3.63, 3.8) is 0 Å². The van der Waals surface area contributed by atoms with Gasteiger partial charge in [0.2, 0.25) is 0 Å². The van der Waals surface area contributed by atoms with E-state index in [-0.39, 0.29) is 0 Å². The van der Waals surface area contributed by atoms with Gasteiger partial charge in [-0.15, -0.1) is 0 Å². The lowest BCUT2D eigenvalue weighted by molar-refractivity contribution is 0.867. The third-order valence-electron chi connectivity index (χ3n) is 4.35. The zero-order valence-electron chi connectivity index (χ0n) is 13.2. The Morgan fingerprint density at radius 2 is 1.86 bits per heavy atom. The fraction of sp³-hybridized carbons (Fsp3) is 0.368. The fourth-order valence-electron chi connectivity index (χ4n) is 2.92. The Bertz CT molecular complexity index is 614. The third kappa shape index (κ3) is 3.05. The van der Waals surface area contributed by atoms with Crippen molar-refractivity contribution in [2.45, 2.75) is 32.7 Å². The van der Waals surface area contributed by atoms with E-state index in [9.17, 15) is 0 Å². The van der Waals surface area contributed by atoms with Crippen molar-refractivity contribution in [3.05, 3.63) is 59.2 Å². The number of nitrogens with zero attached hydrogens (tertiary/aromatic N) is 1. The molecule has 0 spiro atoms. The van der Waals surface area contributed by atoms with Crippen LogP contribution < -0.4 is 10.2 Å². The highest BCUT2D eigenvalue weighted by Crippen LogP contribution is 2.27. The molecule has 0 aromatic heterocycles. The molecule has 0 saturated carbocycles. The van der Waals surface area contributed by atoms with Gasteiger partial charge in [-0.1, -0.05) is 38.1 Å². The molecule has 0 aliphatic carbocycles. The smallest absolute Gasteiger partial charge is 0.0400 e. The molecule has 1 heterocycles. The van der Waals surface area contributed by atoms with Crippen molar-refractivity contribution in [3.8, 4) is 0 Å². The number of hydrogen-bond donors (Lipinski definition) is 1. The fourth-order valence-corrected chi connectivity index (χ4v) is 2.92. The van der Waals surface area contributed by atoms with Crippen LogP contribution in [0.15, 0.2) is 42.5 Å². The average Bonchev–Trinajstić information content (AvgIpc) is 2.86. The van der Waals surface area contributed by atoms with Crippen molar-refractivity contribution in [2.24, 2.45) is 0 Å². The number of fused-ring (bicyclic) bond motifs is 1. The Morgan fingerprint density at radius 1 is 1.10 bits per heavy atom. The van der Waals surface area contributed by atoms with Gasteiger partial charge < -0.3 is 10.2 Å².